The molecule has 1 aromatic heterocycles. The van der Waals surface area contributed by atoms with E-state index in [1.165, 1.54) is 65.4 Å². The van der Waals surface area contributed by atoms with Crippen molar-refractivity contribution in [2.75, 3.05) is 11.5 Å². The van der Waals surface area contributed by atoms with Crippen molar-refractivity contribution in [1.29, 1.82) is 0 Å². The molecule has 8 nitrogen and oxygen atoms in total. The highest BCUT2D eigenvalue weighted by Crippen LogP contribution is 2.37. The normalized spacial score (nSPS) is 18.4. The predicted molar refractivity (Wildman–Crippen MR) is 140 cm³/mol. The maximum Gasteiger partial charge on any atom is 0.429 e. The monoisotopic (exact) mass is 568 g/mol. The number of aliphatic hydroxyl groups is 1. The van der Waals surface area contributed by atoms with Crippen LogP contribution in [0.5, 0.6) is 5.75 Å². The van der Waals surface area contributed by atoms with Gasteiger partial charge in [-0.25, -0.2) is 17.6 Å². The van der Waals surface area contributed by atoms with E-state index >= 15 is 0 Å². The van der Waals surface area contributed by atoms with Gasteiger partial charge in [-0.2, -0.15) is 8.78 Å². The lowest BCUT2D eigenvalue weighted by Gasteiger charge is -2.37. The summed E-state index contributed by atoms with van der Waals surface area (Å²) in [5.74, 6) is -0.817. The number of imidazole rings is 1. The van der Waals surface area contributed by atoms with E-state index in [-0.39, 0.29) is 40.7 Å². The van der Waals surface area contributed by atoms with Crippen molar-refractivity contribution in [2.24, 2.45) is 5.41 Å². The lowest BCUT2D eigenvalue weighted by atomic mass is 9.86. The summed E-state index contributed by atoms with van der Waals surface area (Å²) in [5.41, 5.74) is -1.59. The van der Waals surface area contributed by atoms with E-state index in [1.807, 2.05) is 0 Å². The third-order valence-corrected chi connectivity index (χ3v) is 9.40. The van der Waals surface area contributed by atoms with Crippen LogP contribution in [0, 0.1) is 5.41 Å². The number of halogens is 3. The van der Waals surface area contributed by atoms with Gasteiger partial charge in [-0.05, 0) is 58.0 Å². The number of hydrogen-bond donors (Lipinski definition) is 1. The second-order valence-corrected chi connectivity index (χ2v) is 13.3. The van der Waals surface area contributed by atoms with E-state index in [0.717, 1.165) is 0 Å². The van der Waals surface area contributed by atoms with Crippen LogP contribution in [0.3, 0.4) is 0 Å². The van der Waals surface area contributed by atoms with E-state index in [4.69, 9.17) is 0 Å². The Morgan fingerprint density at radius 2 is 1.77 bits per heavy atom. The number of Topliss-reactive ketones (excluding diaryl/α,β-unsaturated/α-hetero) is 1. The van der Waals surface area contributed by atoms with Crippen LogP contribution in [0.2, 0.25) is 0 Å². The molecule has 2 aromatic carbocycles. The number of nitrogens with zero attached hydrogens (tertiary/aromatic N) is 2. The fourth-order valence-corrected chi connectivity index (χ4v) is 7.11. The van der Waals surface area contributed by atoms with Crippen molar-refractivity contribution in [3.8, 4) is 11.4 Å². The lowest BCUT2D eigenvalue weighted by Crippen LogP contribution is -2.47. The van der Waals surface area contributed by atoms with Gasteiger partial charge in [0.15, 0.2) is 15.6 Å². The summed E-state index contributed by atoms with van der Waals surface area (Å²) in [6, 6.07) is 9.02. The van der Waals surface area contributed by atoms with Crippen LogP contribution < -0.4 is 10.4 Å². The smallest absolute Gasteiger partial charge is 0.429 e. The van der Waals surface area contributed by atoms with Crippen molar-refractivity contribution < 1.29 is 36.2 Å². The van der Waals surface area contributed by atoms with Gasteiger partial charge in [-0.1, -0.05) is 13.0 Å². The third kappa shape index (κ3) is 5.62. The number of ketones is 1. The topological polar surface area (TPSA) is 108 Å². The maximum atomic E-state index is 13.9. The number of aromatic nitrogens is 2. The molecule has 0 radical (unpaired) electrons. The fourth-order valence-electron chi connectivity index (χ4n) is 4.87. The van der Waals surface area contributed by atoms with Gasteiger partial charge in [0.05, 0.1) is 39.9 Å². The van der Waals surface area contributed by atoms with Crippen molar-refractivity contribution in [2.45, 2.75) is 65.0 Å². The van der Waals surface area contributed by atoms with Gasteiger partial charge >= 0.3 is 11.8 Å². The molecule has 39 heavy (non-hydrogen) atoms. The Morgan fingerprint density at radius 1 is 1.13 bits per heavy atom. The Morgan fingerprint density at radius 3 is 2.33 bits per heavy atom. The number of carbonyl (C=O) groups is 1. The number of fused-ring (bicyclic) bond motifs is 1. The van der Waals surface area contributed by atoms with Crippen molar-refractivity contribution >= 4 is 26.7 Å². The quantitative estimate of drug-likeness (QED) is 0.382. The van der Waals surface area contributed by atoms with Gasteiger partial charge in [-0.15, -0.1) is 0 Å². The van der Waals surface area contributed by atoms with Gasteiger partial charge in [-0.3, -0.25) is 13.9 Å². The van der Waals surface area contributed by atoms with Crippen molar-refractivity contribution in [1.82, 2.24) is 9.13 Å². The second-order valence-electron chi connectivity index (χ2n) is 11.2. The highest BCUT2D eigenvalue weighted by atomic mass is 32.2. The number of benzene rings is 2. The van der Waals surface area contributed by atoms with E-state index in [2.05, 4.69) is 4.74 Å². The zero-order valence-corrected chi connectivity index (χ0v) is 23.1. The summed E-state index contributed by atoms with van der Waals surface area (Å²) >= 11 is 0. The molecule has 1 unspecified atom stereocenters. The summed E-state index contributed by atoms with van der Waals surface area (Å²) in [6.45, 7) is 7.07. The zero-order chi connectivity index (χ0) is 29.1. The first-order valence-corrected chi connectivity index (χ1v) is 14.2. The minimum absolute atomic E-state index is 0.00428. The summed E-state index contributed by atoms with van der Waals surface area (Å²) in [5, 5.41) is 10.7. The second kappa shape index (κ2) is 9.51. The van der Waals surface area contributed by atoms with Crippen molar-refractivity contribution in [3.63, 3.8) is 0 Å². The van der Waals surface area contributed by atoms with E-state index in [1.54, 1.807) is 13.8 Å². The minimum atomic E-state index is -4.08. The van der Waals surface area contributed by atoms with E-state index in [9.17, 15) is 36.3 Å². The van der Waals surface area contributed by atoms with E-state index < -0.39 is 44.9 Å². The predicted octanol–water partition coefficient (Wildman–Crippen LogP) is 4.46. The molecular formula is C27H31F3N2O6S. The first-order valence-electron chi connectivity index (χ1n) is 12.4. The van der Waals surface area contributed by atoms with Crippen LogP contribution in [0.15, 0.2) is 47.3 Å². The zero-order valence-electron chi connectivity index (χ0n) is 22.2. The fraction of sp³-hybridized carbons (Fsp3) is 0.481. The molecule has 2 atom stereocenters. The molecular weight excluding hydrogens is 537 g/mol. The van der Waals surface area contributed by atoms with Crippen LogP contribution in [-0.4, -0.2) is 57.8 Å². The molecule has 0 aliphatic carbocycles. The largest absolute Gasteiger partial charge is 0.430 e. The molecule has 0 saturated carbocycles. The average Bonchev–Trinajstić information content (AvgIpc) is 3.06. The highest BCUT2D eigenvalue weighted by Gasteiger charge is 2.46. The van der Waals surface area contributed by atoms with Gasteiger partial charge in [0.25, 0.3) is 0 Å². The van der Waals surface area contributed by atoms with Crippen LogP contribution in [0.1, 0.15) is 57.4 Å². The number of rotatable bonds is 9. The summed E-state index contributed by atoms with van der Waals surface area (Å²) in [6.07, 6.45) is -6.65. The Kier molecular flexibility index (Phi) is 7.04. The number of ether oxygens (including phenoxy) is 1. The molecule has 2 heterocycles. The Balaban J connectivity index is 1.83. The molecule has 1 aliphatic heterocycles. The van der Waals surface area contributed by atoms with Crippen LogP contribution in [-0.2, 0) is 9.84 Å². The first kappa shape index (κ1) is 28.9. The highest BCUT2D eigenvalue weighted by molar-refractivity contribution is 7.92. The molecule has 1 N–H and O–H groups in total. The molecule has 4 rings (SSSR count). The third-order valence-electron chi connectivity index (χ3n) is 7.12. The van der Waals surface area contributed by atoms with Crippen molar-refractivity contribution in [3.05, 3.63) is 58.5 Å². The average molecular weight is 569 g/mol. The van der Waals surface area contributed by atoms with Gasteiger partial charge in [0, 0.05) is 23.5 Å². The number of sulfone groups is 1. The maximum absolute atomic E-state index is 13.9. The number of carbonyl (C=O) groups excluding carboxylic acids is 1. The lowest BCUT2D eigenvalue weighted by molar-refractivity contribution is -0.215. The number of alkyl halides is 3. The molecule has 0 bridgehead atoms. The van der Waals surface area contributed by atoms with Crippen LogP contribution in [0.25, 0.3) is 16.7 Å². The molecule has 1 fully saturated rings. The number of hydrogen-bond acceptors (Lipinski definition) is 6. The SMILES string of the molecule is CC(F)C(F)(F)Oc1cccc(-n2c(=O)n([C@@H](C)C(C)(C)O)c3cc(C(=O)CC4(C)CS(=O)(=O)C4)ccc32)c1. The molecule has 1 saturated heterocycles. The Bertz CT molecular complexity index is 1590. The Labute approximate surface area is 223 Å². The summed E-state index contributed by atoms with van der Waals surface area (Å²) in [4.78, 5) is 26.9. The van der Waals surface area contributed by atoms with Crippen LogP contribution >= 0.6 is 0 Å². The molecule has 3 aromatic rings. The van der Waals surface area contributed by atoms with Gasteiger partial charge in [0.2, 0.25) is 6.17 Å². The first-order chi connectivity index (χ1) is 17.8. The summed E-state index contributed by atoms with van der Waals surface area (Å²) in [7, 11) is -3.15. The van der Waals surface area contributed by atoms with Gasteiger partial charge < -0.3 is 9.84 Å². The Hall–Kier alpha value is -3.12. The molecule has 0 amide bonds. The van der Waals surface area contributed by atoms with E-state index in [0.29, 0.717) is 18.0 Å². The molecule has 212 valence electrons. The standard InChI is InChI=1S/C27H31F3N2O6S/c1-16(28)27(29,30)38-20-8-6-7-19(12-20)32-21-10-9-18(23(33)13-26(5)14-39(36,37)15-26)11-22(21)31(24(32)34)17(2)25(3,4)35/h6-12,16-17,35H,13-15H2,1-5H3/t16?,17-/m0/s1. The van der Waals surface area contributed by atoms with Crippen LogP contribution in [0.4, 0.5) is 13.2 Å². The van der Waals surface area contributed by atoms with Gasteiger partial charge in [0.1, 0.15) is 5.75 Å². The molecule has 0 spiro atoms. The molecule has 12 heteroatoms. The molecule has 1 aliphatic rings. The minimum Gasteiger partial charge on any atom is -0.430 e. The summed E-state index contributed by atoms with van der Waals surface area (Å²) < 4.78 is 71.5.